The van der Waals surface area contributed by atoms with Crippen LogP contribution < -0.4 is 10.1 Å². The number of imide groups is 1. The molecule has 0 bridgehead atoms. The van der Waals surface area contributed by atoms with E-state index in [1.807, 2.05) is 31.2 Å². The highest BCUT2D eigenvalue weighted by Crippen LogP contribution is 2.24. The van der Waals surface area contributed by atoms with E-state index in [4.69, 9.17) is 4.74 Å². The van der Waals surface area contributed by atoms with E-state index in [2.05, 4.69) is 5.32 Å². The van der Waals surface area contributed by atoms with Crippen LogP contribution in [0, 0.1) is 0 Å². The molecule has 0 saturated heterocycles. The minimum atomic E-state index is -0.313. The molecule has 3 aromatic rings. The van der Waals surface area contributed by atoms with E-state index in [1.165, 1.54) is 4.90 Å². The highest BCUT2D eigenvalue weighted by molar-refractivity contribution is 6.21. The molecule has 3 aromatic carbocycles. The zero-order chi connectivity index (χ0) is 22.7. The Labute approximate surface area is 186 Å². The number of benzene rings is 3. The average molecular weight is 428 g/mol. The van der Waals surface area contributed by atoms with Crippen LogP contribution in [-0.2, 0) is 13.0 Å². The lowest BCUT2D eigenvalue weighted by Gasteiger charge is -2.16. The molecule has 32 heavy (non-hydrogen) atoms. The van der Waals surface area contributed by atoms with Gasteiger partial charge in [0.2, 0.25) is 0 Å². The number of methoxy groups -OCH3 is 1. The molecule has 1 atom stereocenters. The van der Waals surface area contributed by atoms with Crippen LogP contribution in [0.5, 0.6) is 5.75 Å². The van der Waals surface area contributed by atoms with Gasteiger partial charge in [-0.1, -0.05) is 36.4 Å². The van der Waals surface area contributed by atoms with Crippen LogP contribution in [0.3, 0.4) is 0 Å². The normalized spacial score (nSPS) is 13.6. The van der Waals surface area contributed by atoms with Crippen LogP contribution in [0.4, 0.5) is 0 Å². The summed E-state index contributed by atoms with van der Waals surface area (Å²) in [6, 6.07) is 21.5. The van der Waals surface area contributed by atoms with Crippen molar-refractivity contribution in [2.45, 2.75) is 25.9 Å². The maximum absolute atomic E-state index is 12.8. The molecular weight excluding hydrogens is 404 g/mol. The fourth-order valence-electron chi connectivity index (χ4n) is 3.89. The molecule has 0 spiro atoms. The molecule has 0 aromatic heterocycles. The highest BCUT2D eigenvalue weighted by atomic mass is 16.5. The van der Waals surface area contributed by atoms with E-state index in [0.29, 0.717) is 28.7 Å². The summed E-state index contributed by atoms with van der Waals surface area (Å²) in [4.78, 5) is 39.2. The van der Waals surface area contributed by atoms with Gasteiger partial charge in [0.05, 0.1) is 24.8 Å². The largest absolute Gasteiger partial charge is 0.497 e. The molecule has 6 heteroatoms. The molecule has 6 nitrogen and oxygen atoms in total. The Balaban J connectivity index is 1.42. The van der Waals surface area contributed by atoms with Crippen molar-refractivity contribution in [1.29, 1.82) is 0 Å². The number of carbonyl (C=O) groups excluding carboxylic acids is 3. The minimum Gasteiger partial charge on any atom is -0.497 e. The quantitative estimate of drug-likeness (QED) is 0.580. The van der Waals surface area contributed by atoms with E-state index >= 15 is 0 Å². The predicted octanol–water partition coefficient (Wildman–Crippen LogP) is 3.85. The van der Waals surface area contributed by atoms with Crippen molar-refractivity contribution in [1.82, 2.24) is 10.2 Å². The number of amides is 3. The van der Waals surface area contributed by atoms with Gasteiger partial charge in [0, 0.05) is 11.6 Å². The van der Waals surface area contributed by atoms with Gasteiger partial charge in [-0.2, -0.15) is 0 Å². The number of nitrogens with zero attached hydrogens (tertiary/aromatic N) is 1. The predicted molar refractivity (Wildman–Crippen MR) is 121 cm³/mol. The first-order chi connectivity index (χ1) is 15.5. The number of fused-ring (bicyclic) bond motifs is 1. The van der Waals surface area contributed by atoms with Crippen LogP contribution >= 0.6 is 0 Å². The number of hydrogen-bond donors (Lipinski definition) is 1. The molecule has 0 radical (unpaired) electrons. The average Bonchev–Trinajstić information content (AvgIpc) is 3.04. The Morgan fingerprint density at radius 1 is 0.906 bits per heavy atom. The molecule has 1 aliphatic heterocycles. The zero-order valence-electron chi connectivity index (χ0n) is 18.0. The van der Waals surface area contributed by atoms with E-state index in [-0.39, 0.29) is 30.3 Å². The lowest BCUT2D eigenvalue weighted by molar-refractivity contribution is 0.0642. The molecule has 3 amide bonds. The standard InChI is InChI=1S/C26H24N2O4/c1-17(13-18-7-6-10-21(15-18)32-2)27-24(29)20-9-5-8-19(14-20)16-28-25(30)22-11-3-4-12-23(22)26(28)31/h3-12,14-15,17H,13,16H2,1-2H3,(H,27,29). The maximum Gasteiger partial charge on any atom is 0.261 e. The number of rotatable bonds is 7. The van der Waals surface area contributed by atoms with Crippen LogP contribution in [0.2, 0.25) is 0 Å². The van der Waals surface area contributed by atoms with Crippen molar-refractivity contribution in [3.8, 4) is 5.75 Å². The second kappa shape index (κ2) is 9.06. The summed E-state index contributed by atoms with van der Waals surface area (Å²) in [5.74, 6) is -0.0498. The van der Waals surface area contributed by atoms with Gasteiger partial charge < -0.3 is 10.1 Å². The second-order valence-corrected chi connectivity index (χ2v) is 7.87. The highest BCUT2D eigenvalue weighted by Gasteiger charge is 2.35. The molecule has 4 rings (SSSR count). The van der Waals surface area contributed by atoms with Crippen molar-refractivity contribution in [2.75, 3.05) is 7.11 Å². The summed E-state index contributed by atoms with van der Waals surface area (Å²) < 4.78 is 5.25. The molecule has 0 saturated carbocycles. The molecule has 162 valence electrons. The van der Waals surface area contributed by atoms with Gasteiger partial charge in [-0.15, -0.1) is 0 Å². The molecular formula is C26H24N2O4. The van der Waals surface area contributed by atoms with Gasteiger partial charge in [0.1, 0.15) is 5.75 Å². The van der Waals surface area contributed by atoms with E-state index in [9.17, 15) is 14.4 Å². The summed E-state index contributed by atoms with van der Waals surface area (Å²) in [6.07, 6.45) is 0.664. The molecule has 1 N–H and O–H groups in total. The summed E-state index contributed by atoms with van der Waals surface area (Å²) in [5, 5.41) is 3.01. The third-order valence-corrected chi connectivity index (χ3v) is 5.46. The number of nitrogens with one attached hydrogen (secondary N) is 1. The van der Waals surface area contributed by atoms with Crippen molar-refractivity contribution in [3.05, 3.63) is 101 Å². The third kappa shape index (κ3) is 4.39. The van der Waals surface area contributed by atoms with Gasteiger partial charge in [0.25, 0.3) is 17.7 Å². The monoisotopic (exact) mass is 428 g/mol. The fourth-order valence-corrected chi connectivity index (χ4v) is 3.89. The molecule has 1 aliphatic rings. The SMILES string of the molecule is COc1cccc(CC(C)NC(=O)c2cccc(CN3C(=O)c4ccccc4C3=O)c2)c1. The van der Waals surface area contributed by atoms with E-state index in [1.54, 1.807) is 55.6 Å². The van der Waals surface area contributed by atoms with Crippen molar-refractivity contribution in [2.24, 2.45) is 0 Å². The Bertz CT molecular complexity index is 1150. The van der Waals surface area contributed by atoms with Gasteiger partial charge in [-0.3, -0.25) is 19.3 Å². The first kappa shape index (κ1) is 21.3. The van der Waals surface area contributed by atoms with Crippen molar-refractivity contribution in [3.63, 3.8) is 0 Å². The maximum atomic E-state index is 12.8. The number of ether oxygens (including phenoxy) is 1. The molecule has 0 fully saturated rings. The van der Waals surface area contributed by atoms with Crippen LogP contribution in [0.15, 0.2) is 72.8 Å². The molecule has 1 unspecified atom stereocenters. The first-order valence-electron chi connectivity index (χ1n) is 10.4. The van der Waals surface area contributed by atoms with Crippen molar-refractivity contribution >= 4 is 17.7 Å². The summed E-state index contributed by atoms with van der Waals surface area (Å²) in [6.45, 7) is 2.06. The van der Waals surface area contributed by atoms with E-state index in [0.717, 1.165) is 11.3 Å². The van der Waals surface area contributed by atoms with E-state index < -0.39 is 0 Å². The smallest absolute Gasteiger partial charge is 0.261 e. The van der Waals surface area contributed by atoms with Crippen LogP contribution in [0.1, 0.15) is 49.1 Å². The van der Waals surface area contributed by atoms with Gasteiger partial charge in [-0.05, 0) is 60.9 Å². The number of hydrogen-bond acceptors (Lipinski definition) is 4. The Morgan fingerprint density at radius 2 is 1.56 bits per heavy atom. The fraction of sp³-hybridized carbons (Fsp3) is 0.192. The van der Waals surface area contributed by atoms with Crippen LogP contribution in [0.25, 0.3) is 0 Å². The second-order valence-electron chi connectivity index (χ2n) is 7.87. The van der Waals surface area contributed by atoms with Gasteiger partial charge in [-0.25, -0.2) is 0 Å². The topological polar surface area (TPSA) is 75.7 Å². The first-order valence-corrected chi connectivity index (χ1v) is 10.4. The lowest BCUT2D eigenvalue weighted by Crippen LogP contribution is -2.34. The lowest BCUT2D eigenvalue weighted by atomic mass is 10.1. The summed E-state index contributed by atoms with van der Waals surface area (Å²) in [7, 11) is 1.62. The van der Waals surface area contributed by atoms with Crippen LogP contribution in [-0.4, -0.2) is 35.8 Å². The zero-order valence-corrected chi connectivity index (χ0v) is 18.0. The van der Waals surface area contributed by atoms with Gasteiger partial charge in [0.15, 0.2) is 0 Å². The molecule has 1 heterocycles. The molecule has 0 aliphatic carbocycles. The third-order valence-electron chi connectivity index (χ3n) is 5.46. The summed E-state index contributed by atoms with van der Waals surface area (Å²) >= 11 is 0. The van der Waals surface area contributed by atoms with Crippen molar-refractivity contribution < 1.29 is 19.1 Å². The van der Waals surface area contributed by atoms with Gasteiger partial charge >= 0.3 is 0 Å². The minimum absolute atomic E-state index is 0.0884. The number of carbonyl (C=O) groups is 3. The Kier molecular flexibility index (Phi) is 6.03. The Morgan fingerprint density at radius 3 is 2.25 bits per heavy atom. The Hall–Kier alpha value is -3.93. The summed E-state index contributed by atoms with van der Waals surface area (Å²) in [5.41, 5.74) is 3.09.